The van der Waals surface area contributed by atoms with Gasteiger partial charge in [0.25, 0.3) is 0 Å². The Morgan fingerprint density at radius 1 is 1.19 bits per heavy atom. The molecule has 144 valence electrons. The molecule has 0 spiro atoms. The minimum absolute atomic E-state index is 0.0106. The van der Waals surface area contributed by atoms with Crippen molar-refractivity contribution < 1.29 is 4.79 Å². The zero-order chi connectivity index (χ0) is 18.8. The molecule has 0 saturated heterocycles. The van der Waals surface area contributed by atoms with Gasteiger partial charge in [0, 0.05) is 29.1 Å². The van der Waals surface area contributed by atoms with Crippen LogP contribution in [0.25, 0.3) is 5.70 Å². The van der Waals surface area contributed by atoms with E-state index in [2.05, 4.69) is 36.4 Å². The van der Waals surface area contributed by atoms with Gasteiger partial charge in [-0.3, -0.25) is 4.79 Å². The van der Waals surface area contributed by atoms with Crippen LogP contribution in [0.5, 0.6) is 0 Å². The monoisotopic (exact) mass is 364 g/mol. The van der Waals surface area contributed by atoms with Crippen molar-refractivity contribution in [2.24, 2.45) is 34.5 Å². The smallest absolute Gasteiger partial charge is 0.151 e. The van der Waals surface area contributed by atoms with Gasteiger partial charge in [-0.25, -0.2) is 4.98 Å². The summed E-state index contributed by atoms with van der Waals surface area (Å²) < 4.78 is 2.09. The van der Waals surface area contributed by atoms with Gasteiger partial charge in [-0.05, 0) is 73.7 Å². The van der Waals surface area contributed by atoms with Crippen LogP contribution in [-0.4, -0.2) is 15.8 Å². The Morgan fingerprint density at radius 3 is 2.78 bits per heavy atom. The topological polar surface area (TPSA) is 34.9 Å². The Labute approximate surface area is 162 Å². The first-order valence-electron chi connectivity index (χ1n) is 10.9. The molecular weight excluding hydrogens is 332 g/mol. The standard InChI is InChI=1S/C24H32N2O/c1-16-6-8-23(2)18(12-16)4-5-19-20(23)7-9-24(3)21(19)13-17(14-27)22(24)26-11-10-25-15-26/h10-11,13-16,18-20H,4-9,12H2,1-3H3/t16-,18-,19+,20-,23-,24-/m0/s1. The summed E-state index contributed by atoms with van der Waals surface area (Å²) in [5.74, 6) is 3.24. The van der Waals surface area contributed by atoms with Gasteiger partial charge in [0.05, 0.1) is 6.33 Å². The van der Waals surface area contributed by atoms with Crippen molar-refractivity contribution in [1.82, 2.24) is 9.55 Å². The molecule has 0 unspecified atom stereocenters. The van der Waals surface area contributed by atoms with Crippen molar-refractivity contribution in [3.63, 3.8) is 0 Å². The van der Waals surface area contributed by atoms with Gasteiger partial charge < -0.3 is 4.57 Å². The summed E-state index contributed by atoms with van der Waals surface area (Å²) in [6.07, 6.45) is 18.3. The SMILES string of the molecule is C[C@H]1CC[C@@]2(C)[C@@H](CC[C@H]3C4=CC(C=O)=C(n5ccnc5)[C@@]4(C)CC[C@@H]32)C1. The number of fused-ring (bicyclic) bond motifs is 5. The van der Waals surface area contributed by atoms with E-state index < -0.39 is 0 Å². The van der Waals surface area contributed by atoms with Crippen LogP contribution in [0.4, 0.5) is 0 Å². The van der Waals surface area contributed by atoms with E-state index in [1.807, 2.05) is 18.7 Å². The Hall–Kier alpha value is -1.64. The maximum atomic E-state index is 11.9. The molecule has 3 nitrogen and oxygen atoms in total. The van der Waals surface area contributed by atoms with E-state index in [0.717, 1.165) is 41.7 Å². The van der Waals surface area contributed by atoms with Crippen LogP contribution in [0.15, 0.2) is 35.9 Å². The van der Waals surface area contributed by atoms with Crippen molar-refractivity contribution >= 4 is 12.0 Å². The van der Waals surface area contributed by atoms with Gasteiger partial charge in [0.1, 0.15) is 0 Å². The highest BCUT2D eigenvalue weighted by atomic mass is 16.1. The van der Waals surface area contributed by atoms with E-state index in [-0.39, 0.29) is 5.41 Å². The van der Waals surface area contributed by atoms with E-state index in [1.54, 1.807) is 5.57 Å². The van der Waals surface area contributed by atoms with Gasteiger partial charge in [-0.1, -0.05) is 32.8 Å². The third-order valence-corrected chi connectivity index (χ3v) is 8.94. The lowest BCUT2D eigenvalue weighted by Gasteiger charge is -2.59. The maximum absolute atomic E-state index is 11.9. The maximum Gasteiger partial charge on any atom is 0.151 e. The predicted molar refractivity (Wildman–Crippen MR) is 108 cm³/mol. The Morgan fingerprint density at radius 2 is 2.04 bits per heavy atom. The molecule has 6 atom stereocenters. The summed E-state index contributed by atoms with van der Waals surface area (Å²) in [6.45, 7) is 7.42. The van der Waals surface area contributed by atoms with Crippen molar-refractivity contribution in [3.05, 3.63) is 35.9 Å². The van der Waals surface area contributed by atoms with Crippen LogP contribution >= 0.6 is 0 Å². The lowest BCUT2D eigenvalue weighted by atomic mass is 9.46. The second-order valence-electron chi connectivity index (χ2n) is 10.2. The number of rotatable bonds is 2. The number of aldehydes is 1. The fourth-order valence-electron chi connectivity index (χ4n) is 7.50. The average molecular weight is 365 g/mol. The third-order valence-electron chi connectivity index (χ3n) is 8.94. The number of allylic oxidation sites excluding steroid dienone is 4. The lowest BCUT2D eigenvalue weighted by molar-refractivity contribution is -0.104. The molecule has 1 heterocycles. The molecule has 3 heteroatoms. The zero-order valence-corrected chi connectivity index (χ0v) is 16.9. The molecule has 0 amide bonds. The van der Waals surface area contributed by atoms with E-state index in [0.29, 0.717) is 11.3 Å². The van der Waals surface area contributed by atoms with Crippen molar-refractivity contribution in [2.75, 3.05) is 0 Å². The fraction of sp³-hybridized carbons (Fsp3) is 0.667. The number of nitrogens with zero attached hydrogens (tertiary/aromatic N) is 2. The summed E-state index contributed by atoms with van der Waals surface area (Å²) in [4.78, 5) is 16.2. The second-order valence-corrected chi connectivity index (χ2v) is 10.2. The summed E-state index contributed by atoms with van der Waals surface area (Å²) in [5, 5.41) is 0. The molecule has 4 aliphatic carbocycles. The number of hydrogen-bond acceptors (Lipinski definition) is 2. The molecule has 27 heavy (non-hydrogen) atoms. The highest BCUT2D eigenvalue weighted by Crippen LogP contribution is 2.66. The highest BCUT2D eigenvalue weighted by molar-refractivity contribution is 5.92. The van der Waals surface area contributed by atoms with E-state index in [9.17, 15) is 4.79 Å². The van der Waals surface area contributed by atoms with Crippen LogP contribution in [0.3, 0.4) is 0 Å². The number of carbonyl (C=O) groups excluding carboxylic acids is 1. The Balaban J connectivity index is 1.53. The van der Waals surface area contributed by atoms with Crippen molar-refractivity contribution in [3.8, 4) is 0 Å². The molecule has 1 aromatic rings. The summed E-state index contributed by atoms with van der Waals surface area (Å²) >= 11 is 0. The molecule has 0 aliphatic heterocycles. The first kappa shape index (κ1) is 17.5. The molecule has 0 bridgehead atoms. The van der Waals surface area contributed by atoms with E-state index in [1.165, 1.54) is 38.5 Å². The number of imidazole rings is 1. The minimum atomic E-state index is -0.0106. The van der Waals surface area contributed by atoms with Crippen LogP contribution in [0.1, 0.15) is 65.7 Å². The molecule has 0 aromatic carbocycles. The van der Waals surface area contributed by atoms with Gasteiger partial charge in [0.2, 0.25) is 0 Å². The molecule has 0 N–H and O–H groups in total. The minimum Gasteiger partial charge on any atom is -0.308 e. The lowest BCUT2D eigenvalue weighted by Crippen LogP contribution is -2.50. The number of hydrogen-bond donors (Lipinski definition) is 0. The fourth-order valence-corrected chi connectivity index (χ4v) is 7.50. The highest BCUT2D eigenvalue weighted by Gasteiger charge is 2.57. The second kappa shape index (κ2) is 5.93. The molecule has 1 aromatic heterocycles. The third kappa shape index (κ3) is 2.33. The van der Waals surface area contributed by atoms with Crippen LogP contribution < -0.4 is 0 Å². The van der Waals surface area contributed by atoms with E-state index >= 15 is 0 Å². The molecule has 5 rings (SSSR count). The van der Waals surface area contributed by atoms with Crippen molar-refractivity contribution in [1.29, 1.82) is 0 Å². The average Bonchev–Trinajstić information content (AvgIpc) is 3.26. The molecule has 3 fully saturated rings. The summed E-state index contributed by atoms with van der Waals surface area (Å²) in [7, 11) is 0. The van der Waals surface area contributed by atoms with Crippen LogP contribution in [0.2, 0.25) is 0 Å². The molecule has 0 radical (unpaired) electrons. The summed E-state index contributed by atoms with van der Waals surface area (Å²) in [5.41, 5.74) is 4.06. The quantitative estimate of drug-likeness (QED) is 0.649. The first-order chi connectivity index (χ1) is 13.0. The normalized spacial score (nSPS) is 43.6. The van der Waals surface area contributed by atoms with E-state index in [4.69, 9.17) is 0 Å². The molecule has 3 saturated carbocycles. The van der Waals surface area contributed by atoms with Gasteiger partial charge in [0.15, 0.2) is 6.29 Å². The Bertz CT molecular complexity index is 819. The van der Waals surface area contributed by atoms with Crippen LogP contribution in [-0.2, 0) is 4.79 Å². The largest absolute Gasteiger partial charge is 0.308 e. The number of aromatic nitrogens is 2. The predicted octanol–water partition coefficient (Wildman–Crippen LogP) is 5.50. The molecule has 4 aliphatic rings. The summed E-state index contributed by atoms with van der Waals surface area (Å²) in [6, 6.07) is 0. The number of carbonyl (C=O) groups is 1. The molecular formula is C24H32N2O. The van der Waals surface area contributed by atoms with Crippen molar-refractivity contribution in [2.45, 2.75) is 65.7 Å². The van der Waals surface area contributed by atoms with Gasteiger partial charge in [-0.2, -0.15) is 0 Å². The van der Waals surface area contributed by atoms with Gasteiger partial charge >= 0.3 is 0 Å². The van der Waals surface area contributed by atoms with Gasteiger partial charge in [-0.15, -0.1) is 0 Å². The first-order valence-corrected chi connectivity index (χ1v) is 10.9. The Kier molecular flexibility index (Phi) is 3.83. The van der Waals surface area contributed by atoms with Crippen LogP contribution in [0, 0.1) is 34.5 Å². The zero-order valence-electron chi connectivity index (χ0n) is 16.9.